The first-order chi connectivity index (χ1) is 15.9. The zero-order chi connectivity index (χ0) is 23.3. The Morgan fingerprint density at radius 2 is 1.82 bits per heavy atom. The monoisotopic (exact) mass is 481 g/mol. The first-order valence-electron chi connectivity index (χ1n) is 10.3. The Morgan fingerprint density at radius 3 is 2.48 bits per heavy atom. The third-order valence-electron chi connectivity index (χ3n) is 5.18. The van der Waals surface area contributed by atoms with Crippen LogP contribution in [-0.2, 0) is 27.7 Å². The number of nitrogens with two attached hydrogens (primary N) is 1. The number of benzene rings is 2. The summed E-state index contributed by atoms with van der Waals surface area (Å²) in [6, 6.07) is 17.3. The molecule has 3 N–H and O–H groups in total. The minimum absolute atomic E-state index is 0.0191. The van der Waals surface area contributed by atoms with Crippen LogP contribution >= 0.6 is 11.3 Å². The van der Waals surface area contributed by atoms with E-state index in [1.54, 1.807) is 34.3 Å². The van der Waals surface area contributed by atoms with Gasteiger partial charge >= 0.3 is 0 Å². The number of aromatic nitrogens is 3. The molecule has 1 atom stereocenters. The second kappa shape index (κ2) is 10.1. The topological polar surface area (TPSA) is 120 Å². The molecule has 170 valence electrons. The predicted molar refractivity (Wildman–Crippen MR) is 127 cm³/mol. The van der Waals surface area contributed by atoms with Crippen molar-refractivity contribution in [2.75, 3.05) is 6.54 Å². The molecule has 0 fully saturated rings. The number of rotatable bonds is 9. The van der Waals surface area contributed by atoms with Crippen LogP contribution in [0.1, 0.15) is 17.2 Å². The summed E-state index contributed by atoms with van der Waals surface area (Å²) < 4.78 is 24.5. The van der Waals surface area contributed by atoms with Crippen LogP contribution in [-0.4, -0.2) is 35.9 Å². The summed E-state index contributed by atoms with van der Waals surface area (Å²) in [7, 11) is -3.77. The highest BCUT2D eigenvalue weighted by Crippen LogP contribution is 2.21. The van der Waals surface area contributed by atoms with E-state index in [2.05, 4.69) is 21.0 Å². The number of nitrogens with zero attached hydrogens (tertiary/aromatic N) is 3. The molecule has 33 heavy (non-hydrogen) atoms. The van der Waals surface area contributed by atoms with Crippen molar-refractivity contribution in [1.82, 2.24) is 20.3 Å². The molecule has 1 amide bonds. The van der Waals surface area contributed by atoms with Crippen LogP contribution < -0.4 is 10.5 Å². The van der Waals surface area contributed by atoms with Gasteiger partial charge in [0, 0.05) is 18.5 Å². The van der Waals surface area contributed by atoms with Crippen molar-refractivity contribution < 1.29 is 13.2 Å². The number of thiophene rings is 1. The fraction of sp³-hybridized carbons (Fsp3) is 0.174. The number of carbonyl (C=O) groups excluding carboxylic acids is 1. The van der Waals surface area contributed by atoms with Crippen molar-refractivity contribution in [2.45, 2.75) is 23.8 Å². The third kappa shape index (κ3) is 5.92. The zero-order valence-electron chi connectivity index (χ0n) is 17.7. The second-order valence-corrected chi connectivity index (χ2v) is 9.87. The number of primary sulfonamides is 1. The zero-order valence-corrected chi connectivity index (χ0v) is 19.3. The second-order valence-electron chi connectivity index (χ2n) is 7.53. The number of hydrogen-bond donors (Lipinski definition) is 2. The van der Waals surface area contributed by atoms with Crippen molar-refractivity contribution >= 4 is 27.3 Å². The van der Waals surface area contributed by atoms with Crippen LogP contribution in [0.15, 0.2) is 82.5 Å². The minimum atomic E-state index is -3.77. The van der Waals surface area contributed by atoms with Crippen molar-refractivity contribution in [3.05, 3.63) is 88.7 Å². The molecule has 0 unspecified atom stereocenters. The highest BCUT2D eigenvalue weighted by atomic mass is 32.2. The van der Waals surface area contributed by atoms with Crippen LogP contribution in [0.3, 0.4) is 0 Å². The number of amides is 1. The normalized spacial score (nSPS) is 12.4. The van der Waals surface area contributed by atoms with Gasteiger partial charge in [-0.25, -0.2) is 18.2 Å². The Morgan fingerprint density at radius 1 is 1.06 bits per heavy atom. The standard InChI is InChI=1S/C23H23N5O3S2/c24-33(30,31)20-8-6-19(7-9-20)21-15-28(27-26-21)22(14-17-4-2-1-3-5-17)23(29)25-12-10-18-11-13-32-16-18/h1-9,11,13,15-16,22H,10,12,14H2,(H,25,29)(H2,24,30,31)/t22-/m1/s1. The van der Waals surface area contributed by atoms with E-state index in [0.717, 1.165) is 12.0 Å². The van der Waals surface area contributed by atoms with Crippen molar-refractivity contribution in [3.8, 4) is 11.3 Å². The van der Waals surface area contributed by atoms with E-state index in [1.807, 2.05) is 41.8 Å². The first kappa shape index (κ1) is 22.8. The molecule has 2 aromatic carbocycles. The lowest BCUT2D eigenvalue weighted by Gasteiger charge is -2.17. The fourth-order valence-electron chi connectivity index (χ4n) is 3.40. The third-order valence-corrected chi connectivity index (χ3v) is 6.84. The molecule has 10 heteroatoms. The summed E-state index contributed by atoms with van der Waals surface area (Å²) >= 11 is 1.63. The van der Waals surface area contributed by atoms with Crippen LogP contribution in [0, 0.1) is 0 Å². The summed E-state index contributed by atoms with van der Waals surface area (Å²) in [6.07, 6.45) is 2.91. The first-order valence-corrected chi connectivity index (χ1v) is 12.8. The van der Waals surface area contributed by atoms with E-state index >= 15 is 0 Å². The van der Waals surface area contributed by atoms with E-state index in [1.165, 1.54) is 17.7 Å². The average Bonchev–Trinajstić information content (AvgIpc) is 3.50. The lowest BCUT2D eigenvalue weighted by Crippen LogP contribution is -2.35. The molecule has 0 aliphatic carbocycles. The van der Waals surface area contributed by atoms with Gasteiger partial charge in [0.15, 0.2) is 0 Å². The van der Waals surface area contributed by atoms with Gasteiger partial charge in [-0.15, -0.1) is 5.10 Å². The largest absolute Gasteiger partial charge is 0.354 e. The number of sulfonamides is 1. The Labute approximate surface area is 196 Å². The Bertz CT molecular complexity index is 1300. The van der Waals surface area contributed by atoms with E-state index in [0.29, 0.717) is 24.2 Å². The van der Waals surface area contributed by atoms with E-state index < -0.39 is 16.1 Å². The summed E-state index contributed by atoms with van der Waals surface area (Å²) in [5.41, 5.74) is 3.39. The Balaban J connectivity index is 1.53. The molecule has 4 aromatic rings. The molecule has 2 aromatic heterocycles. The number of hydrogen-bond acceptors (Lipinski definition) is 6. The summed E-state index contributed by atoms with van der Waals surface area (Å²) in [4.78, 5) is 13.1. The molecule has 0 radical (unpaired) electrons. The smallest absolute Gasteiger partial charge is 0.245 e. The summed E-state index contributed by atoms with van der Waals surface area (Å²) in [5, 5.41) is 20.7. The van der Waals surface area contributed by atoms with Gasteiger partial charge in [-0.3, -0.25) is 4.79 Å². The maximum Gasteiger partial charge on any atom is 0.245 e. The van der Waals surface area contributed by atoms with Gasteiger partial charge in [0.2, 0.25) is 15.9 Å². The van der Waals surface area contributed by atoms with Gasteiger partial charge in [0.1, 0.15) is 11.7 Å². The van der Waals surface area contributed by atoms with Gasteiger partial charge in [0.25, 0.3) is 0 Å². The minimum Gasteiger partial charge on any atom is -0.354 e. The molecule has 0 saturated carbocycles. The van der Waals surface area contributed by atoms with Gasteiger partial charge in [0.05, 0.1) is 11.1 Å². The molecule has 0 bridgehead atoms. The molecule has 4 rings (SSSR count). The van der Waals surface area contributed by atoms with Gasteiger partial charge in [-0.05, 0) is 46.5 Å². The van der Waals surface area contributed by atoms with Crippen molar-refractivity contribution in [1.29, 1.82) is 0 Å². The predicted octanol–water partition coefficient (Wildman–Crippen LogP) is 2.80. The van der Waals surface area contributed by atoms with Crippen LogP contribution in [0.4, 0.5) is 0 Å². The Kier molecular flexibility index (Phi) is 6.97. The highest BCUT2D eigenvalue weighted by Gasteiger charge is 2.23. The van der Waals surface area contributed by atoms with Crippen molar-refractivity contribution in [3.63, 3.8) is 0 Å². The molecule has 0 spiro atoms. The molecule has 0 aliphatic rings. The fourth-order valence-corrected chi connectivity index (χ4v) is 4.62. The lowest BCUT2D eigenvalue weighted by atomic mass is 10.1. The molecular weight excluding hydrogens is 458 g/mol. The number of nitrogens with one attached hydrogen (secondary N) is 1. The number of carbonyl (C=O) groups is 1. The summed E-state index contributed by atoms with van der Waals surface area (Å²) in [5.74, 6) is -0.143. The maximum absolute atomic E-state index is 13.1. The highest BCUT2D eigenvalue weighted by molar-refractivity contribution is 7.89. The van der Waals surface area contributed by atoms with Crippen LogP contribution in [0.5, 0.6) is 0 Å². The molecule has 8 nitrogen and oxygen atoms in total. The van der Waals surface area contributed by atoms with E-state index in [9.17, 15) is 13.2 Å². The molecule has 0 saturated heterocycles. The van der Waals surface area contributed by atoms with Gasteiger partial charge < -0.3 is 5.32 Å². The summed E-state index contributed by atoms with van der Waals surface area (Å²) in [6.45, 7) is 0.525. The van der Waals surface area contributed by atoms with Crippen LogP contribution in [0.2, 0.25) is 0 Å². The van der Waals surface area contributed by atoms with Gasteiger partial charge in [-0.2, -0.15) is 11.3 Å². The molecular formula is C23H23N5O3S2. The molecule has 2 heterocycles. The maximum atomic E-state index is 13.1. The SMILES string of the molecule is NS(=O)(=O)c1ccc(-c2cn([C@H](Cc3ccccc3)C(=O)NCCc3ccsc3)nn2)cc1. The van der Waals surface area contributed by atoms with Crippen LogP contribution in [0.25, 0.3) is 11.3 Å². The van der Waals surface area contributed by atoms with Crippen molar-refractivity contribution in [2.24, 2.45) is 5.14 Å². The average molecular weight is 482 g/mol. The quantitative estimate of drug-likeness (QED) is 0.381. The van der Waals surface area contributed by atoms with E-state index in [-0.39, 0.29) is 10.8 Å². The van der Waals surface area contributed by atoms with Gasteiger partial charge in [-0.1, -0.05) is 47.7 Å². The lowest BCUT2D eigenvalue weighted by molar-refractivity contribution is -0.124. The molecule has 0 aliphatic heterocycles. The van der Waals surface area contributed by atoms with E-state index in [4.69, 9.17) is 5.14 Å². The Hall–Kier alpha value is -3.34.